The van der Waals surface area contributed by atoms with Crippen LogP contribution in [0, 0.1) is 0 Å². The maximum Gasteiger partial charge on any atom is 0.201 e. The number of hydrogen-bond donors (Lipinski definition) is 2. The van der Waals surface area contributed by atoms with Crippen LogP contribution >= 0.6 is 0 Å². The van der Waals surface area contributed by atoms with Crippen LogP contribution in [0.1, 0.15) is 0 Å². The van der Waals surface area contributed by atoms with E-state index in [1.807, 2.05) is 18.2 Å². The Kier molecular flexibility index (Phi) is 2.60. The summed E-state index contributed by atoms with van der Waals surface area (Å²) < 4.78 is 2.07. The predicted molar refractivity (Wildman–Crippen MR) is 61.8 cm³/mol. The molecule has 0 unspecified atom stereocenters. The molecule has 3 N–H and O–H groups in total. The van der Waals surface area contributed by atoms with Crippen LogP contribution in [0.5, 0.6) is 0 Å². The molecule has 0 amide bonds. The van der Waals surface area contributed by atoms with Crippen molar-refractivity contribution in [2.75, 3.05) is 26.4 Å². The maximum atomic E-state index is 5.88. The topological polar surface area (TPSA) is 48.3 Å². The van der Waals surface area contributed by atoms with Gasteiger partial charge >= 0.3 is 0 Å². The first-order valence-electron chi connectivity index (χ1n) is 5.18. The molecule has 1 aromatic heterocycles. The van der Waals surface area contributed by atoms with E-state index in [-0.39, 0.29) is 0 Å². The predicted octanol–water partition coefficient (Wildman–Crippen LogP) is -0.237. The fourth-order valence-electron chi connectivity index (χ4n) is 1.66. The molecule has 2 rings (SSSR count). The Hall–Kier alpha value is -1.55. The molecule has 4 nitrogen and oxygen atoms in total. The number of para-hydroxylation sites is 2. The molecule has 1 aromatic carbocycles. The van der Waals surface area contributed by atoms with Crippen molar-refractivity contribution < 1.29 is 4.90 Å². The zero-order chi connectivity index (χ0) is 10.8. The summed E-state index contributed by atoms with van der Waals surface area (Å²) >= 11 is 0. The molecule has 0 atom stereocenters. The Morgan fingerprint density at radius 3 is 2.80 bits per heavy atom. The van der Waals surface area contributed by atoms with E-state index in [4.69, 9.17) is 5.73 Å². The average Bonchev–Trinajstić information content (AvgIpc) is 2.50. The van der Waals surface area contributed by atoms with Gasteiger partial charge in [0.2, 0.25) is 5.95 Å². The summed E-state index contributed by atoms with van der Waals surface area (Å²) in [5.41, 5.74) is 7.98. The largest absolute Gasteiger partial charge is 0.369 e. The van der Waals surface area contributed by atoms with Crippen molar-refractivity contribution in [1.82, 2.24) is 9.55 Å². The lowest BCUT2D eigenvalue weighted by Gasteiger charge is -2.09. The monoisotopic (exact) mass is 205 g/mol. The van der Waals surface area contributed by atoms with Gasteiger partial charge in [-0.05, 0) is 12.1 Å². The van der Waals surface area contributed by atoms with E-state index >= 15 is 0 Å². The normalized spacial score (nSPS) is 11.4. The van der Waals surface area contributed by atoms with Crippen LogP contribution in [0.3, 0.4) is 0 Å². The Balaban J connectivity index is 2.36. The minimum Gasteiger partial charge on any atom is -0.369 e. The third kappa shape index (κ3) is 1.94. The first-order chi connectivity index (χ1) is 7.18. The molecule has 80 valence electrons. The second-order valence-corrected chi connectivity index (χ2v) is 4.07. The fraction of sp³-hybridized carbons (Fsp3) is 0.364. The van der Waals surface area contributed by atoms with E-state index in [2.05, 4.69) is 29.7 Å². The lowest BCUT2D eigenvalue weighted by molar-refractivity contribution is -0.858. The van der Waals surface area contributed by atoms with E-state index in [1.165, 1.54) is 4.90 Å². The molecular formula is C11H17N4+. The summed E-state index contributed by atoms with van der Waals surface area (Å²) in [7, 11) is 4.27. The summed E-state index contributed by atoms with van der Waals surface area (Å²) in [6.07, 6.45) is 0. The highest BCUT2D eigenvalue weighted by Gasteiger charge is 2.07. The number of hydrogen-bond acceptors (Lipinski definition) is 2. The van der Waals surface area contributed by atoms with Crippen LogP contribution in [0.2, 0.25) is 0 Å². The smallest absolute Gasteiger partial charge is 0.201 e. The number of nitrogens with one attached hydrogen (secondary N) is 1. The zero-order valence-electron chi connectivity index (χ0n) is 9.20. The summed E-state index contributed by atoms with van der Waals surface area (Å²) in [4.78, 5) is 5.73. The number of benzene rings is 1. The number of imidazole rings is 1. The van der Waals surface area contributed by atoms with E-state index in [0.717, 1.165) is 24.1 Å². The standard InChI is InChI=1S/C11H16N4/c1-14(2)7-8-15-10-6-4-3-5-9(10)13-11(15)12/h3-6H,7-8H2,1-2H3,(H2,12,13)/p+1. The lowest BCUT2D eigenvalue weighted by Crippen LogP contribution is -3.06. The minimum atomic E-state index is 0.609. The molecule has 2 aromatic rings. The minimum absolute atomic E-state index is 0.609. The summed E-state index contributed by atoms with van der Waals surface area (Å²) in [5.74, 6) is 0.609. The summed E-state index contributed by atoms with van der Waals surface area (Å²) in [6, 6.07) is 8.05. The number of anilines is 1. The van der Waals surface area contributed by atoms with Crippen LogP contribution in [0.15, 0.2) is 24.3 Å². The van der Waals surface area contributed by atoms with Gasteiger partial charge in [0, 0.05) is 0 Å². The van der Waals surface area contributed by atoms with Crippen LogP contribution in [-0.2, 0) is 6.54 Å². The quantitative estimate of drug-likeness (QED) is 0.727. The van der Waals surface area contributed by atoms with Gasteiger partial charge in [-0.1, -0.05) is 12.1 Å². The molecule has 15 heavy (non-hydrogen) atoms. The molecule has 4 heteroatoms. The SMILES string of the molecule is C[NH+](C)CCn1c(N)nc2ccccc21. The Labute approximate surface area is 89.3 Å². The van der Waals surface area contributed by atoms with Crippen molar-refractivity contribution in [2.24, 2.45) is 0 Å². The number of nitrogens with two attached hydrogens (primary N) is 1. The van der Waals surface area contributed by atoms with E-state index in [0.29, 0.717) is 5.95 Å². The molecule has 0 aliphatic rings. The highest BCUT2D eigenvalue weighted by molar-refractivity contribution is 5.78. The molecule has 0 radical (unpaired) electrons. The van der Waals surface area contributed by atoms with Gasteiger partial charge in [0.15, 0.2) is 0 Å². The number of fused-ring (bicyclic) bond motifs is 1. The van der Waals surface area contributed by atoms with Crippen LogP contribution in [0.4, 0.5) is 5.95 Å². The van der Waals surface area contributed by atoms with Gasteiger partial charge in [0.05, 0.1) is 38.2 Å². The maximum absolute atomic E-state index is 5.88. The molecule has 0 bridgehead atoms. The molecule has 0 spiro atoms. The van der Waals surface area contributed by atoms with Gasteiger partial charge < -0.3 is 15.2 Å². The van der Waals surface area contributed by atoms with Gasteiger partial charge in [-0.25, -0.2) is 4.98 Å². The first kappa shape index (κ1) is 9.98. The van der Waals surface area contributed by atoms with Crippen molar-refractivity contribution >= 4 is 17.0 Å². The third-order valence-corrected chi connectivity index (χ3v) is 2.52. The molecule has 0 saturated heterocycles. The van der Waals surface area contributed by atoms with Gasteiger partial charge in [-0.3, -0.25) is 0 Å². The number of likely N-dealkylation sites (N-methyl/N-ethyl adjacent to an activating group) is 1. The molecule has 1 heterocycles. The van der Waals surface area contributed by atoms with E-state index in [9.17, 15) is 0 Å². The van der Waals surface area contributed by atoms with Crippen LogP contribution < -0.4 is 10.6 Å². The fourth-order valence-corrected chi connectivity index (χ4v) is 1.66. The van der Waals surface area contributed by atoms with Gasteiger partial charge in [0.25, 0.3) is 0 Å². The third-order valence-electron chi connectivity index (χ3n) is 2.52. The Morgan fingerprint density at radius 2 is 2.07 bits per heavy atom. The second-order valence-electron chi connectivity index (χ2n) is 4.07. The number of quaternary nitrogens is 1. The van der Waals surface area contributed by atoms with Crippen LogP contribution in [-0.4, -0.2) is 30.2 Å². The molecular weight excluding hydrogens is 188 g/mol. The van der Waals surface area contributed by atoms with Crippen molar-refractivity contribution in [3.63, 3.8) is 0 Å². The lowest BCUT2D eigenvalue weighted by atomic mass is 10.3. The summed E-state index contributed by atoms with van der Waals surface area (Å²) in [6.45, 7) is 1.96. The average molecular weight is 205 g/mol. The number of rotatable bonds is 3. The Bertz CT molecular complexity index is 459. The highest BCUT2D eigenvalue weighted by Crippen LogP contribution is 2.16. The van der Waals surface area contributed by atoms with Gasteiger partial charge in [0.1, 0.15) is 0 Å². The van der Waals surface area contributed by atoms with Gasteiger partial charge in [-0.2, -0.15) is 0 Å². The van der Waals surface area contributed by atoms with Crippen LogP contribution in [0.25, 0.3) is 11.0 Å². The Morgan fingerprint density at radius 1 is 1.33 bits per heavy atom. The second kappa shape index (κ2) is 3.90. The zero-order valence-corrected chi connectivity index (χ0v) is 9.20. The van der Waals surface area contributed by atoms with Gasteiger partial charge in [-0.15, -0.1) is 0 Å². The van der Waals surface area contributed by atoms with Crippen molar-refractivity contribution in [3.05, 3.63) is 24.3 Å². The molecule has 0 saturated carbocycles. The van der Waals surface area contributed by atoms with E-state index < -0.39 is 0 Å². The molecule has 0 aliphatic carbocycles. The number of aromatic nitrogens is 2. The first-order valence-corrected chi connectivity index (χ1v) is 5.18. The molecule has 0 fully saturated rings. The summed E-state index contributed by atoms with van der Waals surface area (Å²) in [5, 5.41) is 0. The van der Waals surface area contributed by atoms with E-state index in [1.54, 1.807) is 0 Å². The van der Waals surface area contributed by atoms with Crippen molar-refractivity contribution in [3.8, 4) is 0 Å². The van der Waals surface area contributed by atoms with Crippen molar-refractivity contribution in [1.29, 1.82) is 0 Å². The van der Waals surface area contributed by atoms with Crippen molar-refractivity contribution in [2.45, 2.75) is 6.54 Å². The number of nitrogen functional groups attached to an aromatic ring is 1. The highest BCUT2D eigenvalue weighted by atomic mass is 15.2. The molecule has 0 aliphatic heterocycles. The number of nitrogens with zero attached hydrogens (tertiary/aromatic N) is 2.